The molecule has 0 bridgehead atoms. The molecule has 2 heterocycles. The molecule has 11 heteroatoms. The second kappa shape index (κ2) is 9.23. The number of thioether (sulfide) groups is 1. The van der Waals surface area contributed by atoms with Gasteiger partial charge in [0.05, 0.1) is 18.1 Å². The van der Waals surface area contributed by atoms with Gasteiger partial charge in [-0.1, -0.05) is 37.7 Å². The zero-order valence-corrected chi connectivity index (χ0v) is 17.6. The number of aromatic nitrogens is 5. The van der Waals surface area contributed by atoms with E-state index in [2.05, 4.69) is 46.4 Å². The Kier molecular flexibility index (Phi) is 6.91. The molecule has 0 saturated heterocycles. The first kappa shape index (κ1) is 21.7. The molecule has 3 rings (SSSR count). The van der Waals surface area contributed by atoms with Crippen molar-refractivity contribution in [1.82, 2.24) is 25.0 Å². The minimum atomic E-state index is -1.36. The number of anilines is 1. The van der Waals surface area contributed by atoms with Gasteiger partial charge in [0.2, 0.25) is 0 Å². The molecule has 4 atom stereocenters. The average Bonchev–Trinajstić information content (AvgIpc) is 3.21. The van der Waals surface area contributed by atoms with Crippen LogP contribution in [0.25, 0.3) is 11.2 Å². The van der Waals surface area contributed by atoms with Crippen LogP contribution in [-0.2, 0) is 4.79 Å². The lowest BCUT2D eigenvalue weighted by Gasteiger charge is -2.16. The molecule has 3 unspecified atom stereocenters. The first-order valence-corrected chi connectivity index (χ1v) is 10.9. The highest BCUT2D eigenvalue weighted by Crippen LogP contribution is 2.37. The number of nitrogens with one attached hydrogen (secondary N) is 1. The molecule has 2 aromatic rings. The summed E-state index contributed by atoms with van der Waals surface area (Å²) in [6.07, 6.45) is -0.650. The van der Waals surface area contributed by atoms with Crippen molar-refractivity contribution in [3.63, 3.8) is 0 Å². The fourth-order valence-corrected chi connectivity index (χ4v) is 4.08. The molecule has 1 fully saturated rings. The quantitative estimate of drug-likeness (QED) is 0.345. The zero-order chi connectivity index (χ0) is 21.1. The lowest BCUT2D eigenvalue weighted by atomic mass is 10.1. The van der Waals surface area contributed by atoms with E-state index in [1.807, 2.05) is 0 Å². The SMILES string of the molecule is CCCSc1nc(NCCC(C)C)c2nnn(C3C[C@H](C(=O)O)C(O)C3O)c2n1. The van der Waals surface area contributed by atoms with E-state index in [4.69, 9.17) is 0 Å². The number of rotatable bonds is 9. The van der Waals surface area contributed by atoms with Gasteiger partial charge in [0.25, 0.3) is 0 Å². The lowest BCUT2D eigenvalue weighted by Crippen LogP contribution is -2.32. The summed E-state index contributed by atoms with van der Waals surface area (Å²) in [5.74, 6) is -0.248. The van der Waals surface area contributed by atoms with Crippen molar-refractivity contribution in [2.24, 2.45) is 11.8 Å². The van der Waals surface area contributed by atoms with Gasteiger partial charge in [-0.25, -0.2) is 14.6 Å². The number of fused-ring (bicyclic) bond motifs is 1. The van der Waals surface area contributed by atoms with Crippen molar-refractivity contribution in [1.29, 1.82) is 0 Å². The largest absolute Gasteiger partial charge is 0.481 e. The molecule has 2 aromatic heterocycles. The third-order valence-corrected chi connectivity index (χ3v) is 6.09. The minimum absolute atomic E-state index is 0.0493. The van der Waals surface area contributed by atoms with Gasteiger partial charge in [-0.05, 0) is 25.2 Å². The van der Waals surface area contributed by atoms with Crippen LogP contribution < -0.4 is 5.32 Å². The molecule has 0 spiro atoms. The number of carboxylic acid groups (broad SMARTS) is 1. The van der Waals surface area contributed by atoms with Crippen molar-refractivity contribution < 1.29 is 20.1 Å². The first-order chi connectivity index (χ1) is 13.8. The Morgan fingerprint density at radius 1 is 1.31 bits per heavy atom. The first-order valence-electron chi connectivity index (χ1n) is 9.92. The summed E-state index contributed by atoms with van der Waals surface area (Å²) in [4.78, 5) is 20.5. The number of carbonyl (C=O) groups is 1. The number of carboxylic acids is 1. The van der Waals surface area contributed by atoms with Gasteiger partial charge >= 0.3 is 5.97 Å². The molecule has 1 saturated carbocycles. The highest BCUT2D eigenvalue weighted by Gasteiger charge is 2.47. The van der Waals surface area contributed by atoms with Gasteiger partial charge in [0, 0.05) is 12.3 Å². The Balaban J connectivity index is 1.97. The molecule has 4 N–H and O–H groups in total. The summed E-state index contributed by atoms with van der Waals surface area (Å²) < 4.78 is 1.43. The zero-order valence-electron chi connectivity index (χ0n) is 16.8. The molecule has 160 valence electrons. The third kappa shape index (κ3) is 4.62. The van der Waals surface area contributed by atoms with Gasteiger partial charge < -0.3 is 20.6 Å². The summed E-state index contributed by atoms with van der Waals surface area (Å²) >= 11 is 1.51. The predicted molar refractivity (Wildman–Crippen MR) is 109 cm³/mol. The Morgan fingerprint density at radius 2 is 2.07 bits per heavy atom. The maximum absolute atomic E-state index is 11.4. The van der Waals surface area contributed by atoms with Crippen LogP contribution in [0.1, 0.15) is 46.1 Å². The van der Waals surface area contributed by atoms with Crippen LogP contribution in [0.2, 0.25) is 0 Å². The minimum Gasteiger partial charge on any atom is -0.481 e. The standard InChI is InChI=1S/C18H28N6O4S/c1-4-7-29-18-20-15(19-6-5-9(2)3)12-16(21-18)24(23-22-12)11-8-10(17(27)28)13(25)14(11)26/h9-11,13-14,25-26H,4-8H2,1-3H3,(H,27,28)(H,19,20,21)/t10-,11?,13?,14?/m0/s1. The molecule has 0 radical (unpaired) electrons. The molecule has 10 nitrogen and oxygen atoms in total. The molecular formula is C18H28N6O4S. The Bertz CT molecular complexity index is 860. The van der Waals surface area contributed by atoms with Crippen LogP contribution in [0.15, 0.2) is 5.16 Å². The highest BCUT2D eigenvalue weighted by atomic mass is 32.2. The fraction of sp³-hybridized carbons (Fsp3) is 0.722. The van der Waals surface area contributed by atoms with Gasteiger partial charge in [-0.15, -0.1) is 5.10 Å². The van der Waals surface area contributed by atoms with E-state index in [1.165, 1.54) is 16.4 Å². The summed E-state index contributed by atoms with van der Waals surface area (Å²) in [5.41, 5.74) is 0.892. The molecular weight excluding hydrogens is 396 g/mol. The van der Waals surface area contributed by atoms with Gasteiger partial charge in [0.15, 0.2) is 22.1 Å². The van der Waals surface area contributed by atoms with E-state index in [9.17, 15) is 20.1 Å². The third-order valence-electron chi connectivity index (χ3n) is 5.04. The molecule has 0 aliphatic heterocycles. The maximum atomic E-state index is 11.4. The van der Waals surface area contributed by atoms with Gasteiger partial charge in [0.1, 0.15) is 6.10 Å². The average molecular weight is 425 g/mol. The van der Waals surface area contributed by atoms with Crippen molar-refractivity contribution in [2.75, 3.05) is 17.6 Å². The monoisotopic (exact) mass is 424 g/mol. The van der Waals surface area contributed by atoms with Gasteiger partial charge in [-0.2, -0.15) is 0 Å². The Labute approximate surface area is 173 Å². The van der Waals surface area contributed by atoms with Crippen LogP contribution in [0.5, 0.6) is 0 Å². The highest BCUT2D eigenvalue weighted by molar-refractivity contribution is 7.99. The van der Waals surface area contributed by atoms with Crippen LogP contribution >= 0.6 is 11.8 Å². The number of hydrogen-bond acceptors (Lipinski definition) is 9. The van der Waals surface area contributed by atoms with Crippen molar-refractivity contribution >= 4 is 34.7 Å². The van der Waals surface area contributed by atoms with Crippen LogP contribution in [-0.4, -0.2) is 70.8 Å². The summed E-state index contributed by atoms with van der Waals surface area (Å²) in [7, 11) is 0. The van der Waals surface area contributed by atoms with Crippen LogP contribution in [0.4, 0.5) is 5.82 Å². The second-order valence-corrected chi connectivity index (χ2v) is 8.81. The fourth-order valence-electron chi connectivity index (χ4n) is 3.39. The number of nitrogens with zero attached hydrogens (tertiary/aromatic N) is 5. The Morgan fingerprint density at radius 3 is 2.69 bits per heavy atom. The normalized spacial score (nSPS) is 24.5. The van der Waals surface area contributed by atoms with Crippen molar-refractivity contribution in [3.8, 4) is 0 Å². The number of aliphatic hydroxyl groups is 2. The topological polar surface area (TPSA) is 146 Å². The van der Waals surface area contributed by atoms with E-state index >= 15 is 0 Å². The smallest absolute Gasteiger partial charge is 0.309 e. The van der Waals surface area contributed by atoms with Crippen LogP contribution in [0.3, 0.4) is 0 Å². The predicted octanol–water partition coefficient (Wildman–Crippen LogP) is 1.55. The van der Waals surface area contributed by atoms with E-state index in [-0.39, 0.29) is 6.42 Å². The number of hydrogen-bond donors (Lipinski definition) is 4. The van der Waals surface area contributed by atoms with E-state index < -0.39 is 30.1 Å². The summed E-state index contributed by atoms with van der Waals surface area (Å²) in [6.45, 7) is 7.07. The maximum Gasteiger partial charge on any atom is 0.309 e. The molecule has 0 amide bonds. The molecule has 1 aliphatic rings. The Hall–Kier alpha value is -1.98. The van der Waals surface area contributed by atoms with Crippen molar-refractivity contribution in [3.05, 3.63) is 0 Å². The second-order valence-electron chi connectivity index (χ2n) is 7.75. The van der Waals surface area contributed by atoms with E-state index in [0.717, 1.165) is 25.1 Å². The molecule has 1 aliphatic carbocycles. The number of aliphatic hydroxyl groups excluding tert-OH is 2. The number of aliphatic carboxylic acids is 1. The van der Waals surface area contributed by atoms with Crippen LogP contribution in [0, 0.1) is 11.8 Å². The lowest BCUT2D eigenvalue weighted by molar-refractivity contribution is -0.145. The van der Waals surface area contributed by atoms with E-state index in [0.29, 0.717) is 28.1 Å². The molecule has 0 aromatic carbocycles. The summed E-state index contributed by atoms with van der Waals surface area (Å²) in [6, 6.07) is -0.724. The van der Waals surface area contributed by atoms with E-state index in [1.54, 1.807) is 0 Å². The van der Waals surface area contributed by atoms with Gasteiger partial charge in [-0.3, -0.25) is 4.79 Å². The molecule has 29 heavy (non-hydrogen) atoms. The van der Waals surface area contributed by atoms with Crippen molar-refractivity contribution in [2.45, 2.75) is 63.4 Å². The summed E-state index contributed by atoms with van der Waals surface area (Å²) in [5, 5.41) is 42.0.